The molecule has 1 spiro atoms. The molecule has 3 unspecified atom stereocenters. The second kappa shape index (κ2) is 8.21. The van der Waals surface area contributed by atoms with E-state index in [9.17, 15) is 0 Å². The van der Waals surface area contributed by atoms with Crippen LogP contribution in [0.4, 0.5) is 0 Å². The van der Waals surface area contributed by atoms with E-state index in [2.05, 4.69) is 47.6 Å². The summed E-state index contributed by atoms with van der Waals surface area (Å²) in [6.45, 7) is 14.0. The zero-order chi connectivity index (χ0) is 17.0. The summed E-state index contributed by atoms with van der Waals surface area (Å²) in [7, 11) is 0. The van der Waals surface area contributed by atoms with Crippen LogP contribution in [0.15, 0.2) is 11.6 Å². The lowest BCUT2D eigenvalue weighted by Gasteiger charge is -2.56. The van der Waals surface area contributed by atoms with Gasteiger partial charge in [0.15, 0.2) is 0 Å². The van der Waals surface area contributed by atoms with Gasteiger partial charge >= 0.3 is 0 Å². The predicted molar refractivity (Wildman–Crippen MR) is 104 cm³/mol. The molecule has 0 heteroatoms. The average Bonchev–Trinajstić information content (AvgIpc) is 2.95. The Morgan fingerprint density at radius 2 is 1.22 bits per heavy atom. The van der Waals surface area contributed by atoms with E-state index >= 15 is 0 Å². The van der Waals surface area contributed by atoms with Crippen LogP contribution in [-0.2, 0) is 0 Å². The second-order valence-electron chi connectivity index (χ2n) is 10.1. The Labute approximate surface area is 146 Å². The summed E-state index contributed by atoms with van der Waals surface area (Å²) in [6, 6.07) is 0. The maximum Gasteiger partial charge on any atom is -0.0287 e. The van der Waals surface area contributed by atoms with E-state index in [-0.39, 0.29) is 0 Å². The van der Waals surface area contributed by atoms with E-state index in [1.165, 1.54) is 57.8 Å². The van der Waals surface area contributed by atoms with Gasteiger partial charge in [-0.15, -0.1) is 0 Å². The van der Waals surface area contributed by atoms with Crippen LogP contribution < -0.4 is 0 Å². The summed E-state index contributed by atoms with van der Waals surface area (Å²) >= 11 is 0. The molecule has 0 bridgehead atoms. The van der Waals surface area contributed by atoms with E-state index in [0.717, 1.165) is 35.0 Å². The molecule has 0 aromatic carbocycles. The lowest BCUT2D eigenvalue weighted by atomic mass is 9.49. The van der Waals surface area contributed by atoms with Gasteiger partial charge in [0.2, 0.25) is 0 Å². The fourth-order valence-corrected chi connectivity index (χ4v) is 5.78. The highest BCUT2D eigenvalue weighted by Gasteiger charge is 2.49. The average molecular weight is 319 g/mol. The third-order valence-electron chi connectivity index (χ3n) is 6.62. The molecule has 0 N–H and O–H groups in total. The molecule has 3 fully saturated rings. The molecular formula is C23H42. The van der Waals surface area contributed by atoms with Crippen LogP contribution in [0.25, 0.3) is 0 Å². The van der Waals surface area contributed by atoms with Gasteiger partial charge in [-0.1, -0.05) is 59.1 Å². The maximum atomic E-state index is 2.38. The van der Waals surface area contributed by atoms with Crippen molar-refractivity contribution in [2.75, 3.05) is 0 Å². The van der Waals surface area contributed by atoms with Crippen molar-refractivity contribution >= 4 is 0 Å². The lowest BCUT2D eigenvalue weighted by molar-refractivity contribution is -0.0549. The first-order chi connectivity index (χ1) is 10.8. The van der Waals surface area contributed by atoms with Crippen LogP contribution in [0.3, 0.4) is 0 Å². The van der Waals surface area contributed by atoms with Crippen LogP contribution in [0.5, 0.6) is 0 Å². The smallest absolute Gasteiger partial charge is 0.0287 e. The van der Waals surface area contributed by atoms with Crippen molar-refractivity contribution in [3.05, 3.63) is 11.6 Å². The van der Waals surface area contributed by atoms with E-state index in [1.54, 1.807) is 5.57 Å². The van der Waals surface area contributed by atoms with Gasteiger partial charge in [-0.25, -0.2) is 0 Å². The van der Waals surface area contributed by atoms with Crippen molar-refractivity contribution in [3.8, 4) is 0 Å². The van der Waals surface area contributed by atoms with E-state index in [0.29, 0.717) is 0 Å². The minimum absolute atomic E-state index is 0.888. The summed E-state index contributed by atoms with van der Waals surface area (Å²) in [5.41, 5.74) is 2.46. The zero-order valence-corrected chi connectivity index (χ0v) is 16.8. The molecule has 0 saturated heterocycles. The van der Waals surface area contributed by atoms with Crippen LogP contribution in [0.1, 0.15) is 99.3 Å². The topological polar surface area (TPSA) is 0 Å². The minimum atomic E-state index is 0.888. The van der Waals surface area contributed by atoms with Crippen LogP contribution in [0, 0.1) is 35.0 Å². The van der Waals surface area contributed by atoms with Gasteiger partial charge in [-0.3, -0.25) is 0 Å². The van der Waals surface area contributed by atoms with Crippen molar-refractivity contribution in [1.82, 2.24) is 0 Å². The monoisotopic (exact) mass is 318 g/mol. The highest BCUT2D eigenvalue weighted by Crippen LogP contribution is 2.60. The summed E-state index contributed by atoms with van der Waals surface area (Å²) in [6.07, 6.45) is 15.6. The summed E-state index contributed by atoms with van der Waals surface area (Å²) in [4.78, 5) is 0. The molecule has 0 amide bonds. The summed E-state index contributed by atoms with van der Waals surface area (Å²) < 4.78 is 0. The van der Waals surface area contributed by atoms with E-state index in [4.69, 9.17) is 0 Å². The molecule has 0 aliphatic heterocycles. The van der Waals surface area contributed by atoms with Gasteiger partial charge < -0.3 is 0 Å². The molecule has 3 atom stereocenters. The Morgan fingerprint density at radius 3 is 1.39 bits per heavy atom. The van der Waals surface area contributed by atoms with Gasteiger partial charge in [0.05, 0.1) is 0 Å². The first kappa shape index (κ1) is 19.1. The SMILES string of the molecule is CC1=CCC(C)C1.CC1CC2(C1)CC(C)C2.CC1CCC(C)C1. The number of allylic oxidation sites excluding steroid dienone is 2. The standard InChI is InChI=1S/C9H16.C7H14.C7H12/c1-7-3-9(4-7)5-8(2)6-9;2*1-6-3-4-7(2)5-6/h7-8H,3-6H2,1-2H3;6-7H,3-5H2,1-2H3;3,7H,4-5H2,1-2H3. The fourth-order valence-electron chi connectivity index (χ4n) is 5.78. The molecule has 4 aliphatic rings. The Kier molecular flexibility index (Phi) is 6.81. The van der Waals surface area contributed by atoms with Crippen LogP contribution >= 0.6 is 0 Å². The number of hydrogen-bond acceptors (Lipinski definition) is 0. The predicted octanol–water partition coefficient (Wildman–Crippen LogP) is 7.64. The first-order valence-electron chi connectivity index (χ1n) is 10.4. The Bertz CT molecular complexity index is 351. The first-order valence-corrected chi connectivity index (χ1v) is 10.4. The quantitative estimate of drug-likeness (QED) is 0.402. The minimum Gasteiger partial charge on any atom is -0.0853 e. The molecule has 23 heavy (non-hydrogen) atoms. The third-order valence-corrected chi connectivity index (χ3v) is 6.62. The van der Waals surface area contributed by atoms with Crippen molar-refractivity contribution in [2.24, 2.45) is 35.0 Å². The molecule has 0 aromatic rings. The van der Waals surface area contributed by atoms with Gasteiger partial charge in [-0.2, -0.15) is 0 Å². The van der Waals surface area contributed by atoms with Crippen molar-refractivity contribution in [3.63, 3.8) is 0 Å². The zero-order valence-electron chi connectivity index (χ0n) is 16.8. The second-order valence-corrected chi connectivity index (χ2v) is 10.1. The molecule has 4 rings (SSSR count). The Morgan fingerprint density at radius 1 is 0.739 bits per heavy atom. The molecular weight excluding hydrogens is 276 g/mol. The third kappa shape index (κ3) is 5.95. The molecule has 0 nitrogen and oxygen atoms in total. The molecule has 0 radical (unpaired) electrons. The summed E-state index contributed by atoms with van der Waals surface area (Å²) in [5.74, 6) is 5.08. The van der Waals surface area contributed by atoms with E-state index < -0.39 is 0 Å². The van der Waals surface area contributed by atoms with Gasteiger partial charge in [0, 0.05) is 0 Å². The molecule has 134 valence electrons. The van der Waals surface area contributed by atoms with Crippen molar-refractivity contribution < 1.29 is 0 Å². The van der Waals surface area contributed by atoms with Crippen molar-refractivity contribution in [2.45, 2.75) is 99.3 Å². The summed E-state index contributed by atoms with van der Waals surface area (Å²) in [5, 5.41) is 0. The van der Waals surface area contributed by atoms with Crippen LogP contribution in [0.2, 0.25) is 0 Å². The van der Waals surface area contributed by atoms with Gasteiger partial charge in [0.25, 0.3) is 0 Å². The highest BCUT2D eigenvalue weighted by atomic mass is 14.5. The van der Waals surface area contributed by atoms with Gasteiger partial charge in [0.1, 0.15) is 0 Å². The molecule has 0 aromatic heterocycles. The fraction of sp³-hybridized carbons (Fsp3) is 0.913. The van der Waals surface area contributed by atoms with Gasteiger partial charge in [-0.05, 0) is 86.9 Å². The Hall–Kier alpha value is -0.260. The normalized spacial score (nSPS) is 44.3. The molecule has 3 saturated carbocycles. The largest absolute Gasteiger partial charge is 0.0853 e. The number of rotatable bonds is 0. The van der Waals surface area contributed by atoms with E-state index in [1.807, 2.05) is 0 Å². The maximum absolute atomic E-state index is 2.38. The lowest BCUT2D eigenvalue weighted by Crippen LogP contribution is -2.45. The molecule has 0 heterocycles. The van der Waals surface area contributed by atoms with Crippen molar-refractivity contribution in [1.29, 1.82) is 0 Å². The Balaban J connectivity index is 0.000000127. The van der Waals surface area contributed by atoms with Crippen LogP contribution in [-0.4, -0.2) is 0 Å². The highest BCUT2D eigenvalue weighted by molar-refractivity contribution is 5.05. The molecule has 4 aliphatic carbocycles. The number of hydrogen-bond donors (Lipinski definition) is 0.